The molecule has 1 aliphatic rings. The topological polar surface area (TPSA) is 105 Å². The first kappa shape index (κ1) is 17.0. The van der Waals surface area contributed by atoms with E-state index in [1.165, 1.54) is 7.11 Å². The van der Waals surface area contributed by atoms with Crippen molar-refractivity contribution in [2.45, 2.75) is 38.1 Å². The van der Waals surface area contributed by atoms with E-state index < -0.39 is 24.0 Å². The third kappa shape index (κ3) is 6.78. The maximum Gasteiger partial charge on any atom is 0.326 e. The highest BCUT2D eigenvalue weighted by atomic mass is 16.5. The van der Waals surface area contributed by atoms with Crippen molar-refractivity contribution in [3.63, 3.8) is 0 Å². The number of amides is 2. The summed E-state index contributed by atoms with van der Waals surface area (Å²) in [6.07, 6.45) is 7.09. The van der Waals surface area contributed by atoms with E-state index in [1.54, 1.807) is 0 Å². The molecule has 7 nitrogen and oxygen atoms in total. The Hall–Kier alpha value is -2.05. The van der Waals surface area contributed by atoms with Crippen LogP contribution in [0.15, 0.2) is 12.2 Å². The zero-order valence-electron chi connectivity index (χ0n) is 12.1. The van der Waals surface area contributed by atoms with Crippen molar-refractivity contribution in [3.05, 3.63) is 12.2 Å². The summed E-state index contributed by atoms with van der Waals surface area (Å²) in [5.41, 5.74) is 0. The molecule has 118 valence electrons. The molecular weight excluding hydrogens is 276 g/mol. The summed E-state index contributed by atoms with van der Waals surface area (Å²) in [7, 11) is 1.23. The quantitative estimate of drug-likeness (QED) is 0.481. The van der Waals surface area contributed by atoms with Crippen LogP contribution in [0, 0.1) is 5.92 Å². The van der Waals surface area contributed by atoms with Gasteiger partial charge in [0.1, 0.15) is 6.04 Å². The van der Waals surface area contributed by atoms with E-state index in [0.29, 0.717) is 12.5 Å². The molecule has 0 spiro atoms. The van der Waals surface area contributed by atoms with Gasteiger partial charge in [0.2, 0.25) is 0 Å². The molecule has 3 N–H and O–H groups in total. The standard InChI is InChI=1S/C14H22N2O5/c1-21-12(17)8-7-11(13(18)19)16-14(20)15-9-10-5-3-2-4-6-10/h2-3,10-11H,4-9H2,1H3,(H,18,19)(H2,15,16,20)/t10?,11-/m1/s1. The van der Waals surface area contributed by atoms with Crippen LogP contribution in [0.5, 0.6) is 0 Å². The number of methoxy groups -OCH3 is 1. The van der Waals surface area contributed by atoms with Crippen molar-refractivity contribution < 1.29 is 24.2 Å². The minimum absolute atomic E-state index is 0.00158. The molecule has 0 saturated heterocycles. The maximum atomic E-state index is 11.7. The zero-order valence-corrected chi connectivity index (χ0v) is 12.1. The molecule has 0 aromatic carbocycles. The fourth-order valence-electron chi connectivity index (χ4n) is 2.11. The number of ether oxygens (including phenoxy) is 1. The van der Waals surface area contributed by atoms with Crippen LogP contribution in [-0.2, 0) is 14.3 Å². The SMILES string of the molecule is COC(=O)CC[C@@H](NC(=O)NCC1CC=CCC1)C(=O)O. The molecule has 0 fully saturated rings. The van der Waals surface area contributed by atoms with Gasteiger partial charge in [-0.3, -0.25) is 4.79 Å². The van der Waals surface area contributed by atoms with E-state index in [2.05, 4.69) is 27.5 Å². The molecule has 0 saturated carbocycles. The van der Waals surface area contributed by atoms with Gasteiger partial charge in [-0.05, 0) is 31.6 Å². The first-order chi connectivity index (χ1) is 10.0. The van der Waals surface area contributed by atoms with Crippen LogP contribution < -0.4 is 10.6 Å². The third-order valence-corrected chi connectivity index (χ3v) is 3.40. The smallest absolute Gasteiger partial charge is 0.326 e. The van der Waals surface area contributed by atoms with Crippen LogP contribution in [-0.4, -0.2) is 42.8 Å². The van der Waals surface area contributed by atoms with Crippen molar-refractivity contribution in [2.75, 3.05) is 13.7 Å². The lowest BCUT2D eigenvalue weighted by Gasteiger charge is -2.19. The monoisotopic (exact) mass is 298 g/mol. The number of carboxylic acid groups (broad SMARTS) is 1. The van der Waals surface area contributed by atoms with Crippen molar-refractivity contribution in [3.8, 4) is 0 Å². The van der Waals surface area contributed by atoms with E-state index in [0.717, 1.165) is 19.3 Å². The number of aliphatic carboxylic acids is 1. The van der Waals surface area contributed by atoms with Gasteiger partial charge in [-0.15, -0.1) is 0 Å². The van der Waals surface area contributed by atoms with Crippen molar-refractivity contribution in [1.29, 1.82) is 0 Å². The van der Waals surface area contributed by atoms with Gasteiger partial charge in [0.05, 0.1) is 7.11 Å². The number of allylic oxidation sites excluding steroid dienone is 2. The molecule has 21 heavy (non-hydrogen) atoms. The Kier molecular flexibility index (Phi) is 7.28. The highest BCUT2D eigenvalue weighted by Gasteiger charge is 2.21. The molecule has 0 bridgehead atoms. The van der Waals surface area contributed by atoms with E-state index in [1.807, 2.05) is 0 Å². The first-order valence-corrected chi connectivity index (χ1v) is 7.02. The number of carbonyl (C=O) groups excluding carboxylic acids is 2. The number of esters is 1. The van der Waals surface area contributed by atoms with Crippen molar-refractivity contribution in [2.24, 2.45) is 5.92 Å². The number of urea groups is 1. The molecule has 0 aromatic rings. The third-order valence-electron chi connectivity index (χ3n) is 3.40. The summed E-state index contributed by atoms with van der Waals surface area (Å²) in [5, 5.41) is 14.1. The normalized spacial score (nSPS) is 18.6. The number of hydrogen-bond acceptors (Lipinski definition) is 4. The van der Waals surface area contributed by atoms with Gasteiger partial charge in [-0.2, -0.15) is 0 Å². The second kappa shape index (κ2) is 8.99. The number of carbonyl (C=O) groups is 3. The predicted octanol–water partition coefficient (Wildman–Crippen LogP) is 1.05. The van der Waals surface area contributed by atoms with Gasteiger partial charge in [-0.1, -0.05) is 12.2 Å². The van der Waals surface area contributed by atoms with E-state index in [-0.39, 0.29) is 12.8 Å². The van der Waals surface area contributed by atoms with Gasteiger partial charge in [0.15, 0.2) is 0 Å². The first-order valence-electron chi connectivity index (χ1n) is 7.02. The van der Waals surface area contributed by atoms with Gasteiger partial charge in [0.25, 0.3) is 0 Å². The fraction of sp³-hybridized carbons (Fsp3) is 0.643. The molecule has 0 radical (unpaired) electrons. The summed E-state index contributed by atoms with van der Waals surface area (Å²) in [6.45, 7) is 0.513. The van der Waals surface area contributed by atoms with Gasteiger partial charge < -0.3 is 20.5 Å². The van der Waals surface area contributed by atoms with Crippen LogP contribution >= 0.6 is 0 Å². The summed E-state index contributed by atoms with van der Waals surface area (Å²) < 4.78 is 4.45. The van der Waals surface area contributed by atoms with E-state index in [9.17, 15) is 14.4 Å². The summed E-state index contributed by atoms with van der Waals surface area (Å²) in [4.78, 5) is 33.7. The molecule has 1 rings (SSSR count). The van der Waals surface area contributed by atoms with Crippen LogP contribution in [0.25, 0.3) is 0 Å². The molecular formula is C14H22N2O5. The summed E-state index contributed by atoms with van der Waals surface area (Å²) >= 11 is 0. The molecule has 0 aromatic heterocycles. The highest BCUT2D eigenvalue weighted by Crippen LogP contribution is 2.16. The van der Waals surface area contributed by atoms with Crippen molar-refractivity contribution in [1.82, 2.24) is 10.6 Å². The molecule has 1 unspecified atom stereocenters. The second-order valence-corrected chi connectivity index (χ2v) is 5.01. The van der Waals surface area contributed by atoms with Crippen LogP contribution in [0.2, 0.25) is 0 Å². The lowest BCUT2D eigenvalue weighted by atomic mass is 9.94. The van der Waals surface area contributed by atoms with Gasteiger partial charge >= 0.3 is 18.0 Å². The zero-order chi connectivity index (χ0) is 15.7. The van der Waals surface area contributed by atoms with E-state index in [4.69, 9.17) is 5.11 Å². The lowest BCUT2D eigenvalue weighted by Crippen LogP contribution is -2.47. The van der Waals surface area contributed by atoms with Crippen LogP contribution in [0.4, 0.5) is 4.79 Å². The van der Waals surface area contributed by atoms with Gasteiger partial charge in [-0.25, -0.2) is 9.59 Å². The van der Waals surface area contributed by atoms with E-state index >= 15 is 0 Å². The minimum atomic E-state index is -1.17. The number of nitrogens with one attached hydrogen (secondary N) is 2. The fourth-order valence-corrected chi connectivity index (χ4v) is 2.11. The Bertz CT molecular complexity index is 408. The second-order valence-electron chi connectivity index (χ2n) is 5.01. The molecule has 2 amide bonds. The molecule has 2 atom stereocenters. The number of rotatable bonds is 7. The van der Waals surface area contributed by atoms with Crippen LogP contribution in [0.3, 0.4) is 0 Å². The summed E-state index contributed by atoms with van der Waals surface area (Å²) in [6, 6.07) is -1.63. The Labute approximate surface area is 123 Å². The molecule has 0 aliphatic heterocycles. The Morgan fingerprint density at radius 3 is 2.71 bits per heavy atom. The predicted molar refractivity (Wildman–Crippen MR) is 75.7 cm³/mol. The lowest BCUT2D eigenvalue weighted by molar-refractivity contribution is -0.142. The minimum Gasteiger partial charge on any atom is -0.480 e. The Balaban J connectivity index is 2.32. The molecule has 1 aliphatic carbocycles. The van der Waals surface area contributed by atoms with Crippen LogP contribution in [0.1, 0.15) is 32.1 Å². The Morgan fingerprint density at radius 2 is 2.14 bits per heavy atom. The average Bonchev–Trinajstić information content (AvgIpc) is 2.49. The highest BCUT2D eigenvalue weighted by molar-refractivity contribution is 5.83. The van der Waals surface area contributed by atoms with Gasteiger partial charge in [0, 0.05) is 13.0 Å². The van der Waals surface area contributed by atoms with Crippen molar-refractivity contribution >= 4 is 18.0 Å². The number of hydrogen-bond donors (Lipinski definition) is 3. The molecule has 0 heterocycles. The number of carboxylic acids is 1. The summed E-state index contributed by atoms with van der Waals surface area (Å²) in [5.74, 6) is -1.29. The largest absolute Gasteiger partial charge is 0.480 e. The molecule has 7 heteroatoms. The maximum absolute atomic E-state index is 11.7. The Morgan fingerprint density at radius 1 is 1.38 bits per heavy atom. The average molecular weight is 298 g/mol.